The summed E-state index contributed by atoms with van der Waals surface area (Å²) in [6.07, 6.45) is 7.08. The van der Waals surface area contributed by atoms with Crippen LogP contribution < -0.4 is 0 Å². The number of hydrogen-bond acceptors (Lipinski definition) is 0. The minimum absolute atomic E-state index is 0.997. The third-order valence-electron chi connectivity index (χ3n) is 1.79. The quantitative estimate of drug-likeness (QED) is 0.411. The Morgan fingerprint density at radius 2 is 1.90 bits per heavy atom. The molecule has 0 spiro atoms. The molecule has 0 bridgehead atoms. The van der Waals surface area contributed by atoms with Gasteiger partial charge in [-0.3, -0.25) is 0 Å². The van der Waals surface area contributed by atoms with E-state index in [9.17, 15) is 0 Å². The van der Waals surface area contributed by atoms with Gasteiger partial charge in [-0.25, -0.2) is 0 Å². The predicted molar refractivity (Wildman–Crippen MR) is 52.5 cm³/mol. The van der Waals surface area contributed by atoms with Gasteiger partial charge in [0.15, 0.2) is 0 Å². The zero-order valence-corrected chi connectivity index (χ0v) is 8.61. The van der Waals surface area contributed by atoms with Crippen LogP contribution >= 0.6 is 8.58 Å². The fourth-order valence-electron chi connectivity index (χ4n) is 1.15. The maximum absolute atomic E-state index is 2.39. The Morgan fingerprint density at radius 1 is 1.20 bits per heavy atom. The van der Waals surface area contributed by atoms with Crippen molar-refractivity contribution in [2.45, 2.75) is 52.1 Å². The minimum atomic E-state index is 0.997. The summed E-state index contributed by atoms with van der Waals surface area (Å²) in [5.74, 6) is 0. The van der Waals surface area contributed by atoms with Crippen molar-refractivity contribution in [3.05, 3.63) is 0 Å². The number of unbranched alkanes of at least 4 members (excludes halogenated alkanes) is 2. The molecule has 0 saturated heterocycles. The summed E-state index contributed by atoms with van der Waals surface area (Å²) in [7, 11) is 1.20. The first kappa shape index (κ1) is 10.4. The Bertz CT molecular complexity index is 61.7. The molecule has 0 fully saturated rings. The summed E-state index contributed by atoms with van der Waals surface area (Å²) in [4.78, 5) is 0. The van der Waals surface area contributed by atoms with E-state index < -0.39 is 0 Å². The molecule has 0 aliphatic rings. The molecule has 0 aromatic rings. The van der Waals surface area contributed by atoms with E-state index in [4.69, 9.17) is 0 Å². The van der Waals surface area contributed by atoms with Crippen LogP contribution in [0.4, 0.5) is 0 Å². The molecule has 0 aliphatic carbocycles. The monoisotopic (exact) mass is 160 g/mol. The molecule has 0 heterocycles. The summed E-state index contributed by atoms with van der Waals surface area (Å²) >= 11 is 0. The molecule has 2 atom stereocenters. The van der Waals surface area contributed by atoms with Crippen LogP contribution in [0.1, 0.15) is 46.5 Å². The topological polar surface area (TPSA) is 0 Å². The zero-order chi connectivity index (χ0) is 7.82. The Kier molecular flexibility index (Phi) is 7.86. The Hall–Kier alpha value is 0.430. The Balaban J connectivity index is 2.97. The molecule has 0 nitrogen and oxygen atoms in total. The lowest BCUT2D eigenvalue weighted by Crippen LogP contribution is -1.93. The second-order valence-electron chi connectivity index (χ2n) is 2.95. The number of hydrogen-bond donors (Lipinski definition) is 0. The standard InChI is InChI=1S/C9H21P/c1-4-6-7-8-9(3)10-5-2/h9-10H,4-8H2,1-3H3. The minimum Gasteiger partial charge on any atom is -0.119 e. The first-order chi connectivity index (χ1) is 4.81. The van der Waals surface area contributed by atoms with Crippen molar-refractivity contribution < 1.29 is 0 Å². The summed E-state index contributed by atoms with van der Waals surface area (Å²) in [6, 6.07) is 0. The molecule has 0 amide bonds. The van der Waals surface area contributed by atoms with E-state index >= 15 is 0 Å². The molecule has 1 heteroatoms. The third kappa shape index (κ3) is 6.55. The van der Waals surface area contributed by atoms with E-state index in [1.165, 1.54) is 40.4 Å². The molecular weight excluding hydrogens is 139 g/mol. The van der Waals surface area contributed by atoms with Crippen LogP contribution in [0.3, 0.4) is 0 Å². The van der Waals surface area contributed by atoms with Crippen molar-refractivity contribution in [3.8, 4) is 0 Å². The van der Waals surface area contributed by atoms with E-state index in [2.05, 4.69) is 20.8 Å². The second kappa shape index (κ2) is 7.54. The van der Waals surface area contributed by atoms with Crippen LogP contribution in [-0.4, -0.2) is 11.8 Å². The molecule has 0 rings (SSSR count). The maximum Gasteiger partial charge on any atom is -0.0265 e. The molecule has 0 aromatic heterocycles. The van der Waals surface area contributed by atoms with Crippen LogP contribution in [0.25, 0.3) is 0 Å². The van der Waals surface area contributed by atoms with Gasteiger partial charge < -0.3 is 0 Å². The summed E-state index contributed by atoms with van der Waals surface area (Å²) < 4.78 is 0. The summed E-state index contributed by atoms with van der Waals surface area (Å²) in [6.45, 7) is 6.94. The van der Waals surface area contributed by atoms with Crippen LogP contribution in [0.2, 0.25) is 0 Å². The molecular formula is C9H21P. The highest BCUT2D eigenvalue weighted by atomic mass is 31.1. The molecule has 0 radical (unpaired) electrons. The smallest absolute Gasteiger partial charge is 0.0265 e. The van der Waals surface area contributed by atoms with Crippen LogP contribution in [0, 0.1) is 0 Å². The molecule has 62 valence electrons. The van der Waals surface area contributed by atoms with Crippen molar-refractivity contribution in [1.82, 2.24) is 0 Å². The lowest BCUT2D eigenvalue weighted by Gasteiger charge is -2.08. The van der Waals surface area contributed by atoms with Gasteiger partial charge >= 0.3 is 0 Å². The third-order valence-corrected chi connectivity index (χ3v) is 3.19. The molecule has 0 N–H and O–H groups in total. The molecule has 0 saturated carbocycles. The van der Waals surface area contributed by atoms with E-state index in [0.29, 0.717) is 0 Å². The molecule has 0 aliphatic heterocycles. The van der Waals surface area contributed by atoms with Crippen molar-refractivity contribution in [2.75, 3.05) is 6.16 Å². The first-order valence-electron chi connectivity index (χ1n) is 4.54. The highest BCUT2D eigenvalue weighted by molar-refractivity contribution is 7.38. The van der Waals surface area contributed by atoms with Crippen LogP contribution in [0.15, 0.2) is 0 Å². The van der Waals surface area contributed by atoms with Gasteiger partial charge in [-0.1, -0.05) is 40.0 Å². The predicted octanol–water partition coefficient (Wildman–Crippen LogP) is 3.65. The first-order valence-corrected chi connectivity index (χ1v) is 5.83. The van der Waals surface area contributed by atoms with Crippen molar-refractivity contribution >= 4 is 8.58 Å². The summed E-state index contributed by atoms with van der Waals surface area (Å²) in [5, 5.41) is 0. The van der Waals surface area contributed by atoms with E-state index in [1.807, 2.05) is 0 Å². The van der Waals surface area contributed by atoms with Gasteiger partial charge in [-0.2, -0.15) is 0 Å². The average molecular weight is 160 g/mol. The fourth-order valence-corrected chi connectivity index (χ4v) is 2.26. The van der Waals surface area contributed by atoms with Gasteiger partial charge in [0.25, 0.3) is 0 Å². The van der Waals surface area contributed by atoms with Gasteiger partial charge in [0, 0.05) is 0 Å². The Morgan fingerprint density at radius 3 is 2.40 bits per heavy atom. The molecule has 10 heavy (non-hydrogen) atoms. The number of rotatable bonds is 6. The van der Waals surface area contributed by atoms with E-state index in [1.54, 1.807) is 0 Å². The van der Waals surface area contributed by atoms with Gasteiger partial charge in [-0.15, -0.1) is 8.58 Å². The highest BCUT2D eigenvalue weighted by Crippen LogP contribution is 2.22. The van der Waals surface area contributed by atoms with Crippen molar-refractivity contribution in [1.29, 1.82) is 0 Å². The Labute approximate surface area is 67.6 Å². The van der Waals surface area contributed by atoms with Gasteiger partial charge in [0.05, 0.1) is 0 Å². The zero-order valence-electron chi connectivity index (χ0n) is 7.61. The lowest BCUT2D eigenvalue weighted by molar-refractivity contribution is 0.662. The SMILES string of the molecule is CCCCCC(C)PCC. The van der Waals surface area contributed by atoms with Crippen LogP contribution in [-0.2, 0) is 0 Å². The van der Waals surface area contributed by atoms with Crippen LogP contribution in [0.5, 0.6) is 0 Å². The highest BCUT2D eigenvalue weighted by Gasteiger charge is 1.97. The van der Waals surface area contributed by atoms with Crippen molar-refractivity contribution in [2.24, 2.45) is 0 Å². The van der Waals surface area contributed by atoms with Gasteiger partial charge in [0.1, 0.15) is 0 Å². The van der Waals surface area contributed by atoms with Gasteiger partial charge in [-0.05, 0) is 18.2 Å². The summed E-state index contributed by atoms with van der Waals surface area (Å²) in [5.41, 5.74) is 0.997. The normalized spacial score (nSPS) is 14.7. The fraction of sp³-hybridized carbons (Fsp3) is 1.00. The molecule has 2 unspecified atom stereocenters. The second-order valence-corrected chi connectivity index (χ2v) is 5.06. The van der Waals surface area contributed by atoms with Gasteiger partial charge in [0.2, 0.25) is 0 Å². The van der Waals surface area contributed by atoms with E-state index in [-0.39, 0.29) is 0 Å². The lowest BCUT2D eigenvalue weighted by atomic mass is 10.2. The largest absolute Gasteiger partial charge is 0.119 e. The van der Waals surface area contributed by atoms with E-state index in [0.717, 1.165) is 5.66 Å². The molecule has 0 aromatic carbocycles. The van der Waals surface area contributed by atoms with Crippen molar-refractivity contribution in [3.63, 3.8) is 0 Å². The maximum atomic E-state index is 2.39. The average Bonchev–Trinajstić information content (AvgIpc) is 1.89.